The van der Waals surface area contributed by atoms with Gasteiger partial charge in [-0.2, -0.15) is 0 Å². The lowest BCUT2D eigenvalue weighted by molar-refractivity contribution is -0.121. The van der Waals surface area contributed by atoms with Gasteiger partial charge in [-0.3, -0.25) is 4.79 Å². The predicted octanol–water partition coefficient (Wildman–Crippen LogP) is 3.56. The maximum atomic E-state index is 12.5. The van der Waals surface area contributed by atoms with Gasteiger partial charge in [0.25, 0.3) is 0 Å². The van der Waals surface area contributed by atoms with E-state index < -0.39 is 0 Å². The average Bonchev–Trinajstić information content (AvgIpc) is 3.26. The minimum Gasteiger partial charge on any atom is -0.372 e. The highest BCUT2D eigenvalue weighted by atomic mass is 16.2. The largest absolute Gasteiger partial charge is 0.372 e. The second-order valence-corrected chi connectivity index (χ2v) is 10.5. The Hall–Kier alpha value is -2.24. The third-order valence-corrected chi connectivity index (χ3v) is 7.95. The normalized spacial score (nSPS) is 31.0. The fourth-order valence-corrected chi connectivity index (χ4v) is 6.93. The first kappa shape index (κ1) is 20.7. The van der Waals surface area contributed by atoms with Crippen LogP contribution < -0.4 is 20.9 Å². The SMILES string of the molecule is O=C(CCNC(=O)NC12CC3CC(CC(C3)C1)C2)NCc1ccc(N2CCCC2)cc1. The standard InChI is InChI=1S/C25H36N4O2/c30-23(27-17-18-3-5-22(6-4-18)29-9-1-2-10-29)7-8-26-24(31)28-25-14-19-11-20(15-25)13-21(12-19)16-25/h3-6,19-21H,1-2,7-17H2,(H,27,30)(H2,26,28,31). The van der Waals surface area contributed by atoms with Gasteiger partial charge in [0.1, 0.15) is 0 Å². The average molecular weight is 425 g/mol. The van der Waals surface area contributed by atoms with Crippen molar-refractivity contribution in [3.63, 3.8) is 0 Å². The summed E-state index contributed by atoms with van der Waals surface area (Å²) in [5, 5.41) is 9.17. The van der Waals surface area contributed by atoms with Crippen LogP contribution in [0.15, 0.2) is 24.3 Å². The first-order valence-electron chi connectivity index (χ1n) is 12.2. The molecule has 6 heteroatoms. The van der Waals surface area contributed by atoms with E-state index in [2.05, 4.69) is 45.1 Å². The van der Waals surface area contributed by atoms with Crippen LogP contribution in [0.2, 0.25) is 0 Å². The van der Waals surface area contributed by atoms with E-state index in [0.717, 1.165) is 55.7 Å². The predicted molar refractivity (Wildman–Crippen MR) is 122 cm³/mol. The number of rotatable bonds is 7. The molecule has 4 bridgehead atoms. The van der Waals surface area contributed by atoms with E-state index in [0.29, 0.717) is 19.5 Å². The van der Waals surface area contributed by atoms with Gasteiger partial charge in [-0.1, -0.05) is 12.1 Å². The lowest BCUT2D eigenvalue weighted by Crippen LogP contribution is -2.61. The van der Waals surface area contributed by atoms with Crippen LogP contribution in [0.3, 0.4) is 0 Å². The number of benzene rings is 1. The van der Waals surface area contributed by atoms with E-state index in [4.69, 9.17) is 0 Å². The van der Waals surface area contributed by atoms with Crippen LogP contribution in [0.5, 0.6) is 0 Å². The minimum atomic E-state index is -0.104. The van der Waals surface area contributed by atoms with Crippen molar-refractivity contribution in [2.24, 2.45) is 17.8 Å². The molecular formula is C25H36N4O2. The number of hydrogen-bond acceptors (Lipinski definition) is 3. The Bertz CT molecular complexity index is 765. The number of hydrogen-bond donors (Lipinski definition) is 3. The highest BCUT2D eigenvalue weighted by Crippen LogP contribution is 2.55. The van der Waals surface area contributed by atoms with Crippen LogP contribution in [-0.4, -0.2) is 37.1 Å². The molecule has 0 aromatic heterocycles. The number of anilines is 1. The molecule has 1 heterocycles. The molecule has 0 spiro atoms. The van der Waals surface area contributed by atoms with E-state index in [9.17, 15) is 9.59 Å². The maximum Gasteiger partial charge on any atom is 0.315 e. The molecule has 4 saturated carbocycles. The Morgan fingerprint density at radius 3 is 2.13 bits per heavy atom. The van der Waals surface area contributed by atoms with Crippen LogP contribution in [0.1, 0.15) is 63.4 Å². The molecular weight excluding hydrogens is 388 g/mol. The molecule has 0 unspecified atom stereocenters. The van der Waals surface area contributed by atoms with Gasteiger partial charge in [-0.05, 0) is 86.8 Å². The van der Waals surface area contributed by atoms with Crippen molar-refractivity contribution < 1.29 is 9.59 Å². The second-order valence-electron chi connectivity index (χ2n) is 10.5. The zero-order valence-corrected chi connectivity index (χ0v) is 18.5. The fraction of sp³-hybridized carbons (Fsp3) is 0.680. The van der Waals surface area contributed by atoms with Crippen molar-refractivity contribution in [1.29, 1.82) is 0 Å². The van der Waals surface area contributed by atoms with Crippen LogP contribution in [0.4, 0.5) is 10.5 Å². The highest BCUT2D eigenvalue weighted by Gasteiger charge is 2.51. The molecule has 31 heavy (non-hydrogen) atoms. The van der Waals surface area contributed by atoms with Crippen molar-refractivity contribution in [2.75, 3.05) is 24.5 Å². The van der Waals surface area contributed by atoms with Crippen molar-refractivity contribution >= 4 is 17.6 Å². The molecule has 1 aliphatic heterocycles. The van der Waals surface area contributed by atoms with Gasteiger partial charge in [-0.25, -0.2) is 4.79 Å². The number of nitrogens with zero attached hydrogens (tertiary/aromatic N) is 1. The summed E-state index contributed by atoms with van der Waals surface area (Å²) in [6.07, 6.45) is 10.4. The van der Waals surface area contributed by atoms with E-state index in [1.165, 1.54) is 37.8 Å². The Morgan fingerprint density at radius 2 is 1.52 bits per heavy atom. The summed E-state index contributed by atoms with van der Waals surface area (Å²) in [6, 6.07) is 8.36. The lowest BCUT2D eigenvalue weighted by Gasteiger charge is -2.56. The topological polar surface area (TPSA) is 73.5 Å². The van der Waals surface area contributed by atoms with Gasteiger partial charge >= 0.3 is 6.03 Å². The first-order chi connectivity index (χ1) is 15.1. The Labute approximate surface area is 185 Å². The molecule has 6 rings (SSSR count). The summed E-state index contributed by atoms with van der Waals surface area (Å²) < 4.78 is 0. The summed E-state index contributed by atoms with van der Waals surface area (Å²) >= 11 is 0. The lowest BCUT2D eigenvalue weighted by atomic mass is 9.53. The number of amides is 3. The zero-order chi connectivity index (χ0) is 21.3. The van der Waals surface area contributed by atoms with E-state index >= 15 is 0 Å². The van der Waals surface area contributed by atoms with Gasteiger partial charge in [0, 0.05) is 43.8 Å². The molecule has 3 N–H and O–H groups in total. The number of urea groups is 1. The van der Waals surface area contributed by atoms with Crippen LogP contribution >= 0.6 is 0 Å². The zero-order valence-electron chi connectivity index (χ0n) is 18.5. The maximum absolute atomic E-state index is 12.5. The number of carbonyl (C=O) groups is 2. The first-order valence-corrected chi connectivity index (χ1v) is 12.2. The Balaban J connectivity index is 1.01. The highest BCUT2D eigenvalue weighted by molar-refractivity contribution is 5.78. The quantitative estimate of drug-likeness (QED) is 0.627. The molecule has 3 amide bonds. The number of nitrogens with one attached hydrogen (secondary N) is 3. The molecule has 4 aliphatic carbocycles. The molecule has 0 radical (unpaired) electrons. The van der Waals surface area contributed by atoms with Crippen molar-refractivity contribution in [1.82, 2.24) is 16.0 Å². The van der Waals surface area contributed by atoms with Gasteiger partial charge in [0.05, 0.1) is 0 Å². The van der Waals surface area contributed by atoms with Gasteiger partial charge in [-0.15, -0.1) is 0 Å². The molecule has 1 aromatic rings. The van der Waals surface area contributed by atoms with Crippen molar-refractivity contribution in [2.45, 2.75) is 69.9 Å². The van der Waals surface area contributed by atoms with Crippen LogP contribution in [0, 0.1) is 17.8 Å². The second kappa shape index (κ2) is 8.71. The van der Waals surface area contributed by atoms with Gasteiger partial charge in [0.2, 0.25) is 5.91 Å². The number of carbonyl (C=O) groups excluding carboxylic acids is 2. The van der Waals surface area contributed by atoms with Crippen LogP contribution in [0.25, 0.3) is 0 Å². The van der Waals surface area contributed by atoms with E-state index in [1.54, 1.807) is 0 Å². The Morgan fingerprint density at radius 1 is 0.903 bits per heavy atom. The molecule has 168 valence electrons. The van der Waals surface area contributed by atoms with Crippen molar-refractivity contribution in [3.05, 3.63) is 29.8 Å². The molecule has 1 aromatic carbocycles. The molecule has 1 saturated heterocycles. The summed E-state index contributed by atoms with van der Waals surface area (Å²) in [6.45, 7) is 3.18. The Kier molecular flexibility index (Phi) is 5.81. The van der Waals surface area contributed by atoms with E-state index in [1.807, 2.05) is 0 Å². The van der Waals surface area contributed by atoms with Crippen molar-refractivity contribution in [3.8, 4) is 0 Å². The molecule has 0 atom stereocenters. The summed E-state index contributed by atoms with van der Waals surface area (Å²) in [4.78, 5) is 27.1. The summed E-state index contributed by atoms with van der Waals surface area (Å²) in [5.74, 6) is 2.39. The monoisotopic (exact) mass is 424 g/mol. The molecule has 5 aliphatic rings. The molecule has 5 fully saturated rings. The van der Waals surface area contributed by atoms with E-state index in [-0.39, 0.29) is 17.5 Å². The summed E-state index contributed by atoms with van der Waals surface area (Å²) in [7, 11) is 0. The third kappa shape index (κ3) is 4.83. The van der Waals surface area contributed by atoms with Crippen LogP contribution in [-0.2, 0) is 11.3 Å². The smallest absolute Gasteiger partial charge is 0.315 e. The van der Waals surface area contributed by atoms with Gasteiger partial charge < -0.3 is 20.9 Å². The third-order valence-electron chi connectivity index (χ3n) is 7.95. The summed E-state index contributed by atoms with van der Waals surface area (Å²) in [5.41, 5.74) is 2.38. The fourth-order valence-electron chi connectivity index (χ4n) is 6.93. The minimum absolute atomic E-state index is 0.0162. The van der Waals surface area contributed by atoms with Gasteiger partial charge in [0.15, 0.2) is 0 Å². The molecule has 6 nitrogen and oxygen atoms in total.